The maximum absolute atomic E-state index is 9.12. The summed E-state index contributed by atoms with van der Waals surface area (Å²) >= 11 is 0. The van der Waals surface area contributed by atoms with Crippen LogP contribution in [0.1, 0.15) is 12.0 Å². The van der Waals surface area contributed by atoms with Crippen LogP contribution >= 0.6 is 0 Å². The lowest BCUT2D eigenvalue weighted by atomic mass is 10.0. The Hall–Kier alpha value is -1.28. The Balaban J connectivity index is 2.24. The molecule has 0 radical (unpaired) electrons. The average Bonchev–Trinajstić information content (AvgIpc) is 2.20. The fourth-order valence-corrected chi connectivity index (χ4v) is 1.54. The van der Waals surface area contributed by atoms with Gasteiger partial charge in [-0.15, -0.1) is 0 Å². The van der Waals surface area contributed by atoms with Gasteiger partial charge in [-0.3, -0.25) is 0 Å². The zero-order valence-electron chi connectivity index (χ0n) is 7.46. The first-order valence-electron chi connectivity index (χ1n) is 4.55. The number of hydrogen-bond acceptors (Lipinski definition) is 2. The van der Waals surface area contributed by atoms with Crippen molar-refractivity contribution >= 4 is 5.57 Å². The first-order chi connectivity index (χ1) is 6.36. The summed E-state index contributed by atoms with van der Waals surface area (Å²) in [4.78, 5) is 0. The molecule has 2 N–H and O–H groups in total. The second-order valence-corrected chi connectivity index (χ2v) is 3.24. The fraction of sp³-hybridized carbons (Fsp3) is 0.273. The third-order valence-electron chi connectivity index (χ3n) is 2.27. The van der Waals surface area contributed by atoms with Gasteiger partial charge in [-0.1, -0.05) is 18.2 Å². The molecule has 0 aliphatic carbocycles. The lowest BCUT2D eigenvalue weighted by molar-refractivity contribution is 0.475. The summed E-state index contributed by atoms with van der Waals surface area (Å²) in [5, 5.41) is 12.4. The van der Waals surface area contributed by atoms with Crippen LogP contribution in [0.15, 0.2) is 30.3 Å². The number of rotatable bonds is 1. The molecule has 0 amide bonds. The minimum atomic E-state index is 0.327. The Bertz CT molecular complexity index is 313. The van der Waals surface area contributed by atoms with Crippen molar-refractivity contribution in [1.82, 2.24) is 5.32 Å². The van der Waals surface area contributed by atoms with E-state index in [-0.39, 0.29) is 0 Å². The highest BCUT2D eigenvalue weighted by atomic mass is 16.3. The van der Waals surface area contributed by atoms with Crippen molar-refractivity contribution in [2.24, 2.45) is 0 Å². The van der Waals surface area contributed by atoms with Gasteiger partial charge in [0.1, 0.15) is 5.75 Å². The standard InChI is InChI=1S/C11H13NO/c13-11-5-3-9(4-6-11)10-2-1-7-12-8-10/h2-6,12-13H,1,7-8H2. The Kier molecular flexibility index (Phi) is 2.32. The van der Waals surface area contributed by atoms with Crippen LogP contribution in [-0.2, 0) is 0 Å². The van der Waals surface area contributed by atoms with Crippen LogP contribution in [0.5, 0.6) is 5.75 Å². The summed E-state index contributed by atoms with van der Waals surface area (Å²) < 4.78 is 0. The molecule has 68 valence electrons. The minimum absolute atomic E-state index is 0.327. The molecule has 2 nitrogen and oxygen atoms in total. The second kappa shape index (κ2) is 3.62. The SMILES string of the molecule is Oc1ccc(C2=CCCNC2)cc1. The van der Waals surface area contributed by atoms with E-state index >= 15 is 0 Å². The largest absolute Gasteiger partial charge is 0.508 e. The van der Waals surface area contributed by atoms with Crippen molar-refractivity contribution < 1.29 is 5.11 Å². The van der Waals surface area contributed by atoms with Crippen LogP contribution in [-0.4, -0.2) is 18.2 Å². The predicted molar refractivity (Wildman–Crippen MR) is 53.6 cm³/mol. The second-order valence-electron chi connectivity index (χ2n) is 3.24. The number of phenols is 1. The van der Waals surface area contributed by atoms with Crippen LogP contribution in [0.3, 0.4) is 0 Å². The number of aromatic hydroxyl groups is 1. The predicted octanol–water partition coefficient (Wildman–Crippen LogP) is 1.77. The summed E-state index contributed by atoms with van der Waals surface area (Å²) in [5.74, 6) is 0.327. The summed E-state index contributed by atoms with van der Waals surface area (Å²) in [6, 6.07) is 7.36. The van der Waals surface area contributed by atoms with Gasteiger partial charge in [-0.2, -0.15) is 0 Å². The first kappa shape index (κ1) is 8.32. The van der Waals surface area contributed by atoms with Crippen molar-refractivity contribution in [3.8, 4) is 5.75 Å². The normalized spacial score (nSPS) is 16.8. The molecule has 0 bridgehead atoms. The average molecular weight is 175 g/mol. The van der Waals surface area contributed by atoms with E-state index in [2.05, 4.69) is 11.4 Å². The van der Waals surface area contributed by atoms with Gasteiger partial charge in [0.2, 0.25) is 0 Å². The monoisotopic (exact) mass is 175 g/mol. The van der Waals surface area contributed by atoms with Gasteiger partial charge in [-0.25, -0.2) is 0 Å². The number of phenolic OH excluding ortho intramolecular Hbond substituents is 1. The molecule has 0 aromatic heterocycles. The zero-order chi connectivity index (χ0) is 9.10. The van der Waals surface area contributed by atoms with Gasteiger partial charge in [0.15, 0.2) is 0 Å². The molecule has 2 heteroatoms. The lowest BCUT2D eigenvalue weighted by Gasteiger charge is -2.14. The van der Waals surface area contributed by atoms with Crippen LogP contribution in [0, 0.1) is 0 Å². The van der Waals surface area contributed by atoms with Crippen molar-refractivity contribution in [2.45, 2.75) is 6.42 Å². The minimum Gasteiger partial charge on any atom is -0.508 e. The molecule has 1 aromatic rings. The van der Waals surface area contributed by atoms with Crippen LogP contribution in [0.4, 0.5) is 0 Å². The summed E-state index contributed by atoms with van der Waals surface area (Å²) in [6.45, 7) is 2.01. The molecule has 1 aromatic carbocycles. The molecule has 0 atom stereocenters. The van der Waals surface area contributed by atoms with E-state index in [1.54, 1.807) is 12.1 Å². The number of hydrogen-bond donors (Lipinski definition) is 2. The Labute approximate surface area is 77.9 Å². The Morgan fingerprint density at radius 2 is 1.92 bits per heavy atom. The van der Waals surface area contributed by atoms with Gasteiger partial charge in [0.25, 0.3) is 0 Å². The van der Waals surface area contributed by atoms with Gasteiger partial charge in [0.05, 0.1) is 0 Å². The topological polar surface area (TPSA) is 32.3 Å². The molecule has 13 heavy (non-hydrogen) atoms. The van der Waals surface area contributed by atoms with E-state index in [1.165, 1.54) is 11.1 Å². The molecule has 2 rings (SSSR count). The maximum atomic E-state index is 9.12. The smallest absolute Gasteiger partial charge is 0.115 e. The number of benzene rings is 1. The third kappa shape index (κ3) is 1.90. The van der Waals surface area contributed by atoms with E-state index < -0.39 is 0 Å². The molecule has 0 unspecified atom stereocenters. The van der Waals surface area contributed by atoms with E-state index in [4.69, 9.17) is 5.11 Å². The summed E-state index contributed by atoms with van der Waals surface area (Å²) in [7, 11) is 0. The quantitative estimate of drug-likeness (QED) is 0.681. The van der Waals surface area contributed by atoms with Crippen molar-refractivity contribution in [3.05, 3.63) is 35.9 Å². The highest BCUT2D eigenvalue weighted by Crippen LogP contribution is 2.19. The van der Waals surface area contributed by atoms with Crippen molar-refractivity contribution in [1.29, 1.82) is 0 Å². The first-order valence-corrected chi connectivity index (χ1v) is 4.55. The van der Waals surface area contributed by atoms with E-state index in [1.807, 2.05) is 12.1 Å². The highest BCUT2D eigenvalue weighted by molar-refractivity contribution is 5.67. The van der Waals surface area contributed by atoms with Crippen molar-refractivity contribution in [2.75, 3.05) is 13.1 Å². The molecule has 1 aliphatic rings. The van der Waals surface area contributed by atoms with Crippen molar-refractivity contribution in [3.63, 3.8) is 0 Å². The summed E-state index contributed by atoms with van der Waals surface area (Å²) in [5.41, 5.74) is 2.52. The third-order valence-corrected chi connectivity index (χ3v) is 2.27. The molecule has 0 fully saturated rings. The molecule has 0 saturated carbocycles. The number of nitrogens with one attached hydrogen (secondary N) is 1. The Morgan fingerprint density at radius 1 is 1.15 bits per heavy atom. The molecule has 0 saturated heterocycles. The molecule has 0 spiro atoms. The van der Waals surface area contributed by atoms with E-state index in [0.29, 0.717) is 5.75 Å². The lowest BCUT2D eigenvalue weighted by Crippen LogP contribution is -2.21. The molecular formula is C11H13NO. The van der Waals surface area contributed by atoms with Gasteiger partial charge >= 0.3 is 0 Å². The Morgan fingerprint density at radius 3 is 2.54 bits per heavy atom. The maximum Gasteiger partial charge on any atom is 0.115 e. The van der Waals surface area contributed by atoms with E-state index in [0.717, 1.165) is 19.5 Å². The van der Waals surface area contributed by atoms with Gasteiger partial charge in [-0.05, 0) is 36.2 Å². The molecular weight excluding hydrogens is 162 g/mol. The van der Waals surface area contributed by atoms with Gasteiger partial charge in [0, 0.05) is 6.54 Å². The van der Waals surface area contributed by atoms with Crippen LogP contribution in [0.25, 0.3) is 5.57 Å². The molecule has 1 heterocycles. The van der Waals surface area contributed by atoms with E-state index in [9.17, 15) is 0 Å². The van der Waals surface area contributed by atoms with Gasteiger partial charge < -0.3 is 10.4 Å². The molecule has 1 aliphatic heterocycles. The fourth-order valence-electron chi connectivity index (χ4n) is 1.54. The highest BCUT2D eigenvalue weighted by Gasteiger charge is 2.04. The van der Waals surface area contributed by atoms with Crippen LogP contribution < -0.4 is 5.32 Å². The summed E-state index contributed by atoms with van der Waals surface area (Å²) in [6.07, 6.45) is 3.35. The zero-order valence-corrected chi connectivity index (χ0v) is 7.46. The van der Waals surface area contributed by atoms with Crippen LogP contribution in [0.2, 0.25) is 0 Å².